The molecule has 0 aliphatic rings. The lowest BCUT2D eigenvalue weighted by Gasteiger charge is -2.02. The third-order valence-electron chi connectivity index (χ3n) is 1.80. The van der Waals surface area contributed by atoms with E-state index in [2.05, 4.69) is 5.32 Å². The van der Waals surface area contributed by atoms with Gasteiger partial charge in [-0.05, 0) is 24.4 Å². The van der Waals surface area contributed by atoms with Crippen molar-refractivity contribution in [1.82, 2.24) is 5.32 Å². The first-order valence-corrected chi connectivity index (χ1v) is 4.34. The lowest BCUT2D eigenvalue weighted by Crippen LogP contribution is -1.99. The van der Waals surface area contributed by atoms with Gasteiger partial charge < -0.3 is 15.5 Å². The van der Waals surface area contributed by atoms with E-state index < -0.39 is 0 Å². The minimum Gasteiger partial charge on any atom is -0.497 e. The highest BCUT2D eigenvalue weighted by Gasteiger charge is 1.98. The van der Waals surface area contributed by atoms with Gasteiger partial charge in [-0.25, -0.2) is 0 Å². The highest BCUT2D eigenvalue weighted by atomic mass is 16.5. The molecule has 1 aromatic carbocycles. The van der Waals surface area contributed by atoms with Gasteiger partial charge in [0, 0.05) is 12.6 Å². The Hall–Kier alpha value is -1.77. The lowest BCUT2D eigenvalue weighted by atomic mass is 10.1. The summed E-state index contributed by atoms with van der Waals surface area (Å²) in [6.45, 7) is 0. The maximum absolute atomic E-state index is 7.72. The summed E-state index contributed by atoms with van der Waals surface area (Å²) in [5.41, 5.74) is 1.30. The zero-order chi connectivity index (χ0) is 10.4. The average Bonchev–Trinajstić information content (AvgIpc) is 2.26. The number of benzene rings is 1. The Morgan fingerprint density at radius 3 is 2.93 bits per heavy atom. The fourth-order valence-electron chi connectivity index (χ4n) is 1.05. The van der Waals surface area contributed by atoms with Crippen molar-refractivity contribution < 1.29 is 4.74 Å². The molecule has 1 rings (SSSR count). The molecular formula is C11H14N2O. The van der Waals surface area contributed by atoms with Gasteiger partial charge in [0.05, 0.1) is 12.8 Å². The third-order valence-corrected chi connectivity index (χ3v) is 1.80. The number of rotatable bonds is 4. The molecular weight excluding hydrogens is 176 g/mol. The SMILES string of the molecule is CN/C=C\C(=N)c1cccc(OC)c1. The number of methoxy groups -OCH3 is 1. The Morgan fingerprint density at radius 1 is 1.50 bits per heavy atom. The van der Waals surface area contributed by atoms with E-state index in [0.29, 0.717) is 5.71 Å². The van der Waals surface area contributed by atoms with Crippen molar-refractivity contribution in [1.29, 1.82) is 5.41 Å². The predicted octanol–water partition coefficient (Wildman–Crippen LogP) is 1.80. The number of hydrogen-bond acceptors (Lipinski definition) is 3. The monoisotopic (exact) mass is 190 g/mol. The molecule has 0 amide bonds. The Morgan fingerprint density at radius 2 is 2.29 bits per heavy atom. The van der Waals surface area contributed by atoms with Crippen LogP contribution in [0.4, 0.5) is 0 Å². The molecule has 0 spiro atoms. The van der Waals surface area contributed by atoms with Crippen LogP contribution in [0.1, 0.15) is 5.56 Å². The molecule has 2 N–H and O–H groups in total. The van der Waals surface area contributed by atoms with E-state index in [1.54, 1.807) is 26.4 Å². The van der Waals surface area contributed by atoms with Gasteiger partial charge in [0.15, 0.2) is 0 Å². The normalized spacial score (nSPS) is 10.1. The molecule has 0 atom stereocenters. The highest BCUT2D eigenvalue weighted by molar-refractivity contribution is 6.06. The fourth-order valence-corrected chi connectivity index (χ4v) is 1.05. The van der Waals surface area contributed by atoms with Gasteiger partial charge in [-0.1, -0.05) is 12.1 Å². The molecule has 0 aliphatic carbocycles. The van der Waals surface area contributed by atoms with Crippen molar-refractivity contribution in [2.75, 3.05) is 14.2 Å². The van der Waals surface area contributed by atoms with Crippen LogP contribution < -0.4 is 10.1 Å². The fraction of sp³-hybridized carbons (Fsp3) is 0.182. The largest absolute Gasteiger partial charge is 0.497 e. The third kappa shape index (κ3) is 2.62. The van der Waals surface area contributed by atoms with Crippen LogP contribution in [0.3, 0.4) is 0 Å². The molecule has 0 saturated carbocycles. The van der Waals surface area contributed by atoms with Crippen molar-refractivity contribution >= 4 is 5.71 Å². The summed E-state index contributed by atoms with van der Waals surface area (Å²) in [6, 6.07) is 7.45. The molecule has 74 valence electrons. The van der Waals surface area contributed by atoms with Crippen LogP contribution >= 0.6 is 0 Å². The molecule has 0 radical (unpaired) electrons. The van der Waals surface area contributed by atoms with E-state index in [-0.39, 0.29) is 0 Å². The second-order valence-electron chi connectivity index (χ2n) is 2.77. The second-order valence-corrected chi connectivity index (χ2v) is 2.77. The van der Waals surface area contributed by atoms with E-state index in [1.807, 2.05) is 24.3 Å². The summed E-state index contributed by atoms with van der Waals surface area (Å²) >= 11 is 0. The molecule has 14 heavy (non-hydrogen) atoms. The first-order chi connectivity index (χ1) is 6.77. The summed E-state index contributed by atoms with van der Waals surface area (Å²) in [5.74, 6) is 0.769. The number of allylic oxidation sites excluding steroid dienone is 1. The van der Waals surface area contributed by atoms with Crippen molar-refractivity contribution in [3.05, 3.63) is 42.1 Å². The van der Waals surface area contributed by atoms with Crippen molar-refractivity contribution in [3.8, 4) is 5.75 Å². The van der Waals surface area contributed by atoms with E-state index in [1.165, 1.54) is 0 Å². The Bertz CT molecular complexity index is 345. The van der Waals surface area contributed by atoms with E-state index in [4.69, 9.17) is 10.1 Å². The summed E-state index contributed by atoms with van der Waals surface area (Å²) in [6.07, 6.45) is 3.43. The zero-order valence-electron chi connectivity index (χ0n) is 8.37. The van der Waals surface area contributed by atoms with Crippen LogP contribution in [0.2, 0.25) is 0 Å². The van der Waals surface area contributed by atoms with Crippen molar-refractivity contribution in [2.45, 2.75) is 0 Å². The van der Waals surface area contributed by atoms with Crippen molar-refractivity contribution in [3.63, 3.8) is 0 Å². The summed E-state index contributed by atoms with van der Waals surface area (Å²) in [4.78, 5) is 0. The minimum atomic E-state index is 0.457. The summed E-state index contributed by atoms with van der Waals surface area (Å²) in [7, 11) is 3.42. The van der Waals surface area contributed by atoms with Crippen molar-refractivity contribution in [2.24, 2.45) is 0 Å². The summed E-state index contributed by atoms with van der Waals surface area (Å²) < 4.78 is 5.07. The quantitative estimate of drug-likeness (QED) is 0.711. The molecule has 0 heterocycles. The molecule has 1 aromatic rings. The van der Waals surface area contributed by atoms with Gasteiger partial charge in [-0.2, -0.15) is 0 Å². The lowest BCUT2D eigenvalue weighted by molar-refractivity contribution is 0.414. The molecule has 0 aliphatic heterocycles. The maximum Gasteiger partial charge on any atom is 0.119 e. The molecule has 3 nitrogen and oxygen atoms in total. The molecule has 0 aromatic heterocycles. The molecule has 0 bridgehead atoms. The van der Waals surface area contributed by atoms with Crippen LogP contribution in [-0.2, 0) is 0 Å². The van der Waals surface area contributed by atoms with Crippen LogP contribution in [0.15, 0.2) is 36.5 Å². The van der Waals surface area contributed by atoms with E-state index in [0.717, 1.165) is 11.3 Å². The smallest absolute Gasteiger partial charge is 0.119 e. The Balaban J connectivity index is 2.84. The molecule has 0 saturated heterocycles. The highest BCUT2D eigenvalue weighted by Crippen LogP contribution is 2.12. The zero-order valence-corrected chi connectivity index (χ0v) is 8.37. The second kappa shape index (κ2) is 5.07. The van der Waals surface area contributed by atoms with Gasteiger partial charge >= 0.3 is 0 Å². The van der Waals surface area contributed by atoms with Gasteiger partial charge in [-0.3, -0.25) is 0 Å². The van der Waals surface area contributed by atoms with Gasteiger partial charge in [0.1, 0.15) is 5.75 Å². The molecule has 0 fully saturated rings. The molecule has 3 heteroatoms. The van der Waals surface area contributed by atoms with Crippen LogP contribution in [0.5, 0.6) is 5.75 Å². The Kier molecular flexibility index (Phi) is 3.73. The van der Waals surface area contributed by atoms with Crippen LogP contribution in [0, 0.1) is 5.41 Å². The van der Waals surface area contributed by atoms with E-state index in [9.17, 15) is 0 Å². The van der Waals surface area contributed by atoms with Gasteiger partial charge in [0.25, 0.3) is 0 Å². The topological polar surface area (TPSA) is 45.1 Å². The standard InChI is InChI=1S/C11H14N2O/c1-13-7-6-11(12)9-4-3-5-10(8-9)14-2/h3-8,12-13H,1-2H3/b7-6-,12-11?. The number of ether oxygens (including phenoxy) is 1. The minimum absolute atomic E-state index is 0.457. The number of hydrogen-bond donors (Lipinski definition) is 2. The predicted molar refractivity (Wildman–Crippen MR) is 58.0 cm³/mol. The number of nitrogens with one attached hydrogen (secondary N) is 2. The first kappa shape index (κ1) is 10.3. The van der Waals surface area contributed by atoms with Gasteiger partial charge in [-0.15, -0.1) is 0 Å². The van der Waals surface area contributed by atoms with Gasteiger partial charge in [0.2, 0.25) is 0 Å². The average molecular weight is 190 g/mol. The van der Waals surface area contributed by atoms with E-state index >= 15 is 0 Å². The van der Waals surface area contributed by atoms with Crippen LogP contribution in [0.25, 0.3) is 0 Å². The maximum atomic E-state index is 7.72. The first-order valence-electron chi connectivity index (χ1n) is 4.34. The Labute approximate surface area is 83.9 Å². The summed E-state index contributed by atoms with van der Waals surface area (Å²) in [5, 5.41) is 10.6. The molecule has 0 unspecified atom stereocenters. The van der Waals surface area contributed by atoms with Crippen LogP contribution in [-0.4, -0.2) is 19.9 Å².